The first-order valence-corrected chi connectivity index (χ1v) is 5.63. The molecular formula is C12H17ClN2O. The second-order valence-electron chi connectivity index (χ2n) is 3.77. The van der Waals surface area contributed by atoms with Gasteiger partial charge in [-0.3, -0.25) is 9.69 Å². The molecule has 0 fully saturated rings. The summed E-state index contributed by atoms with van der Waals surface area (Å²) in [5.41, 5.74) is 0.709. The van der Waals surface area contributed by atoms with Crippen LogP contribution in [0.15, 0.2) is 24.3 Å². The van der Waals surface area contributed by atoms with Gasteiger partial charge in [-0.25, -0.2) is 0 Å². The maximum Gasteiger partial charge on any atom is 0.176 e. The number of ketones is 1. The molecule has 0 aliphatic rings. The molecule has 0 aliphatic heterocycles. The van der Waals surface area contributed by atoms with Crippen molar-refractivity contribution in [1.29, 1.82) is 0 Å². The van der Waals surface area contributed by atoms with E-state index in [9.17, 15) is 4.79 Å². The Morgan fingerprint density at radius 3 is 2.56 bits per heavy atom. The van der Waals surface area contributed by atoms with Crippen molar-refractivity contribution in [3.8, 4) is 0 Å². The lowest BCUT2D eigenvalue weighted by Gasteiger charge is -2.15. The number of Topliss-reactive ketones (excluding diaryl/α,β-unsaturated/α-hetero) is 1. The average Bonchev–Trinajstić information content (AvgIpc) is 2.27. The molecule has 1 aromatic rings. The van der Waals surface area contributed by atoms with Crippen LogP contribution in [-0.2, 0) is 0 Å². The fraction of sp³-hybridized carbons (Fsp3) is 0.417. The maximum atomic E-state index is 11.8. The van der Waals surface area contributed by atoms with Gasteiger partial charge in [-0.15, -0.1) is 0 Å². The van der Waals surface area contributed by atoms with E-state index < -0.39 is 0 Å². The first kappa shape index (κ1) is 13.2. The predicted octanol–water partition coefficient (Wildman–Crippen LogP) is 1.67. The molecule has 3 nitrogen and oxygen atoms in total. The van der Waals surface area contributed by atoms with E-state index >= 15 is 0 Å². The molecule has 0 unspecified atom stereocenters. The maximum absolute atomic E-state index is 11.8. The number of halogens is 1. The number of nitrogens with one attached hydrogen (secondary N) is 1. The van der Waals surface area contributed by atoms with Crippen LogP contribution in [0.1, 0.15) is 10.4 Å². The fourth-order valence-electron chi connectivity index (χ4n) is 1.35. The third kappa shape index (κ3) is 4.31. The van der Waals surface area contributed by atoms with Crippen molar-refractivity contribution >= 4 is 17.4 Å². The standard InChI is InChI=1S/C12H17ClN2O/c1-14-7-8-15(2)9-12(16)10-3-5-11(13)6-4-10/h3-6,14H,7-9H2,1-2H3. The number of carbonyl (C=O) groups excluding carboxylic acids is 1. The summed E-state index contributed by atoms with van der Waals surface area (Å²) in [5.74, 6) is 0.121. The van der Waals surface area contributed by atoms with E-state index in [2.05, 4.69) is 5.32 Å². The van der Waals surface area contributed by atoms with Gasteiger partial charge in [0, 0.05) is 23.7 Å². The smallest absolute Gasteiger partial charge is 0.176 e. The largest absolute Gasteiger partial charge is 0.318 e. The third-order valence-corrected chi connectivity index (χ3v) is 2.58. The molecule has 0 heterocycles. The van der Waals surface area contributed by atoms with E-state index in [0.717, 1.165) is 13.1 Å². The van der Waals surface area contributed by atoms with Crippen molar-refractivity contribution in [2.45, 2.75) is 0 Å². The Morgan fingerprint density at radius 1 is 1.38 bits per heavy atom. The van der Waals surface area contributed by atoms with E-state index in [1.54, 1.807) is 24.3 Å². The van der Waals surface area contributed by atoms with Crippen molar-refractivity contribution in [3.05, 3.63) is 34.9 Å². The normalized spacial score (nSPS) is 10.8. The Labute approximate surface area is 101 Å². The van der Waals surface area contributed by atoms with E-state index in [1.807, 2.05) is 19.0 Å². The van der Waals surface area contributed by atoms with Gasteiger partial charge < -0.3 is 5.32 Å². The number of likely N-dealkylation sites (N-methyl/N-ethyl adjacent to an activating group) is 2. The van der Waals surface area contributed by atoms with Crippen molar-refractivity contribution in [2.75, 3.05) is 33.7 Å². The van der Waals surface area contributed by atoms with Crippen molar-refractivity contribution in [2.24, 2.45) is 0 Å². The van der Waals surface area contributed by atoms with Gasteiger partial charge in [0.25, 0.3) is 0 Å². The molecule has 16 heavy (non-hydrogen) atoms. The zero-order valence-electron chi connectivity index (χ0n) is 9.66. The molecule has 0 spiro atoms. The molecule has 0 radical (unpaired) electrons. The topological polar surface area (TPSA) is 32.3 Å². The van der Waals surface area contributed by atoms with Crippen LogP contribution in [0.2, 0.25) is 5.02 Å². The summed E-state index contributed by atoms with van der Waals surface area (Å²) in [7, 11) is 3.83. The van der Waals surface area contributed by atoms with E-state index in [0.29, 0.717) is 17.1 Å². The monoisotopic (exact) mass is 240 g/mol. The number of nitrogens with zero attached hydrogens (tertiary/aromatic N) is 1. The highest BCUT2D eigenvalue weighted by molar-refractivity contribution is 6.30. The Kier molecular flexibility index (Phi) is 5.46. The molecule has 0 atom stereocenters. The summed E-state index contributed by atoms with van der Waals surface area (Å²) in [6.07, 6.45) is 0. The van der Waals surface area contributed by atoms with E-state index in [4.69, 9.17) is 11.6 Å². The summed E-state index contributed by atoms with van der Waals surface area (Å²) in [6.45, 7) is 2.17. The SMILES string of the molecule is CNCCN(C)CC(=O)c1ccc(Cl)cc1. The zero-order valence-corrected chi connectivity index (χ0v) is 10.4. The zero-order chi connectivity index (χ0) is 12.0. The quantitative estimate of drug-likeness (QED) is 0.768. The highest BCUT2D eigenvalue weighted by Gasteiger charge is 2.08. The highest BCUT2D eigenvalue weighted by Crippen LogP contribution is 2.10. The lowest BCUT2D eigenvalue weighted by molar-refractivity contribution is 0.0947. The minimum absolute atomic E-state index is 0.121. The van der Waals surface area contributed by atoms with Crippen LogP contribution >= 0.6 is 11.6 Å². The second-order valence-corrected chi connectivity index (χ2v) is 4.21. The van der Waals surface area contributed by atoms with Crippen molar-refractivity contribution in [3.63, 3.8) is 0 Å². The molecule has 4 heteroatoms. The number of hydrogen-bond donors (Lipinski definition) is 1. The van der Waals surface area contributed by atoms with Gasteiger partial charge in [0.2, 0.25) is 0 Å². The fourth-order valence-corrected chi connectivity index (χ4v) is 1.48. The summed E-state index contributed by atoms with van der Waals surface area (Å²) in [5, 5.41) is 3.70. The molecule has 1 aromatic carbocycles. The Morgan fingerprint density at radius 2 is 2.00 bits per heavy atom. The van der Waals surface area contributed by atoms with Gasteiger partial charge in [0.1, 0.15) is 0 Å². The number of benzene rings is 1. The predicted molar refractivity (Wildman–Crippen MR) is 67.2 cm³/mol. The summed E-state index contributed by atoms with van der Waals surface area (Å²) in [6, 6.07) is 7.00. The van der Waals surface area contributed by atoms with Crippen LogP contribution in [0.3, 0.4) is 0 Å². The van der Waals surface area contributed by atoms with Gasteiger partial charge in [-0.05, 0) is 38.4 Å². The first-order chi connectivity index (χ1) is 7.63. The van der Waals surface area contributed by atoms with Gasteiger partial charge in [-0.1, -0.05) is 11.6 Å². The summed E-state index contributed by atoms with van der Waals surface area (Å²) >= 11 is 5.76. The van der Waals surface area contributed by atoms with Crippen LogP contribution in [0.25, 0.3) is 0 Å². The lowest BCUT2D eigenvalue weighted by Crippen LogP contribution is -2.31. The lowest BCUT2D eigenvalue weighted by atomic mass is 10.1. The van der Waals surface area contributed by atoms with Gasteiger partial charge in [0.15, 0.2) is 5.78 Å². The van der Waals surface area contributed by atoms with Crippen LogP contribution in [-0.4, -0.2) is 44.4 Å². The summed E-state index contributed by atoms with van der Waals surface area (Å²) in [4.78, 5) is 13.8. The van der Waals surface area contributed by atoms with Crippen LogP contribution < -0.4 is 5.32 Å². The third-order valence-electron chi connectivity index (χ3n) is 2.32. The van der Waals surface area contributed by atoms with Gasteiger partial charge in [0.05, 0.1) is 6.54 Å². The molecule has 0 saturated carbocycles. The molecule has 0 aliphatic carbocycles. The van der Waals surface area contributed by atoms with Crippen LogP contribution in [0.4, 0.5) is 0 Å². The Balaban J connectivity index is 2.48. The molecule has 0 aromatic heterocycles. The molecule has 0 bridgehead atoms. The average molecular weight is 241 g/mol. The minimum atomic E-state index is 0.121. The number of hydrogen-bond acceptors (Lipinski definition) is 3. The van der Waals surface area contributed by atoms with Crippen LogP contribution in [0, 0.1) is 0 Å². The second kappa shape index (κ2) is 6.63. The molecule has 1 rings (SSSR count). The molecule has 0 saturated heterocycles. The summed E-state index contributed by atoms with van der Waals surface area (Å²) < 4.78 is 0. The van der Waals surface area contributed by atoms with E-state index in [-0.39, 0.29) is 5.78 Å². The number of rotatable bonds is 6. The molecule has 0 amide bonds. The molecular weight excluding hydrogens is 224 g/mol. The van der Waals surface area contributed by atoms with E-state index in [1.165, 1.54) is 0 Å². The first-order valence-electron chi connectivity index (χ1n) is 5.25. The van der Waals surface area contributed by atoms with Crippen molar-refractivity contribution in [1.82, 2.24) is 10.2 Å². The Bertz CT molecular complexity index is 337. The highest BCUT2D eigenvalue weighted by atomic mass is 35.5. The Hall–Kier alpha value is -0.900. The molecule has 88 valence electrons. The molecule has 1 N–H and O–H groups in total. The minimum Gasteiger partial charge on any atom is -0.318 e. The van der Waals surface area contributed by atoms with Crippen LogP contribution in [0.5, 0.6) is 0 Å². The van der Waals surface area contributed by atoms with Crippen molar-refractivity contribution < 1.29 is 4.79 Å². The van der Waals surface area contributed by atoms with Gasteiger partial charge >= 0.3 is 0 Å². The van der Waals surface area contributed by atoms with Gasteiger partial charge in [-0.2, -0.15) is 0 Å². The number of carbonyl (C=O) groups is 1.